The molecule has 1 saturated heterocycles. The van der Waals surface area contributed by atoms with Crippen LogP contribution < -0.4 is 0 Å². The van der Waals surface area contributed by atoms with Crippen LogP contribution >= 0.6 is 0 Å². The lowest BCUT2D eigenvalue weighted by atomic mass is 9.86. The molecule has 0 aromatic carbocycles. The van der Waals surface area contributed by atoms with E-state index in [1.54, 1.807) is 0 Å². The van der Waals surface area contributed by atoms with Crippen LogP contribution in [0, 0.1) is 0 Å². The monoisotopic (exact) mass is 138 g/mol. The Morgan fingerprint density at radius 3 is 2.90 bits per heavy atom. The molecule has 1 heterocycles. The van der Waals surface area contributed by atoms with Crippen molar-refractivity contribution < 1.29 is 4.84 Å². The van der Waals surface area contributed by atoms with Gasteiger partial charge in [-0.1, -0.05) is 5.16 Å². The molecule has 0 bridgehead atoms. The lowest BCUT2D eigenvalue weighted by Gasteiger charge is -2.02. The molecule has 0 saturated carbocycles. The molecule has 1 rings (SSSR count). The van der Waals surface area contributed by atoms with E-state index in [1.807, 2.05) is 7.05 Å². The fourth-order valence-electron chi connectivity index (χ4n) is 1.11. The zero-order chi connectivity index (χ0) is 7.56. The molecule has 3 nitrogen and oxygen atoms in total. The van der Waals surface area contributed by atoms with Crippen LogP contribution in [0.2, 0.25) is 5.82 Å². The van der Waals surface area contributed by atoms with Gasteiger partial charge in [-0.25, -0.2) is 0 Å². The Balaban J connectivity index is 2.54. The SMILES string of the molecule is [B]C1CN(C)CC1=NOC. The van der Waals surface area contributed by atoms with Gasteiger partial charge in [-0.3, -0.25) is 0 Å². The molecular weight excluding hydrogens is 127 g/mol. The Morgan fingerprint density at radius 2 is 2.50 bits per heavy atom. The van der Waals surface area contributed by atoms with Gasteiger partial charge in [-0.2, -0.15) is 0 Å². The van der Waals surface area contributed by atoms with E-state index >= 15 is 0 Å². The van der Waals surface area contributed by atoms with Gasteiger partial charge in [0.25, 0.3) is 0 Å². The molecule has 0 amide bonds. The average Bonchev–Trinajstić information content (AvgIpc) is 2.13. The van der Waals surface area contributed by atoms with Gasteiger partial charge in [0, 0.05) is 6.54 Å². The second kappa shape index (κ2) is 3.06. The van der Waals surface area contributed by atoms with E-state index in [1.165, 1.54) is 7.11 Å². The van der Waals surface area contributed by atoms with Gasteiger partial charge < -0.3 is 9.74 Å². The van der Waals surface area contributed by atoms with E-state index < -0.39 is 0 Å². The minimum absolute atomic E-state index is 0.0601. The van der Waals surface area contributed by atoms with Crippen molar-refractivity contribution in [2.45, 2.75) is 5.82 Å². The van der Waals surface area contributed by atoms with Crippen molar-refractivity contribution in [3.05, 3.63) is 0 Å². The van der Waals surface area contributed by atoms with Gasteiger partial charge in [0.1, 0.15) is 7.11 Å². The topological polar surface area (TPSA) is 24.8 Å². The highest BCUT2D eigenvalue weighted by molar-refractivity contribution is 6.26. The highest BCUT2D eigenvalue weighted by Crippen LogP contribution is 2.13. The summed E-state index contributed by atoms with van der Waals surface area (Å²) in [5.41, 5.74) is 0.935. The first-order valence-corrected chi connectivity index (χ1v) is 3.28. The number of nitrogens with zero attached hydrogens (tertiary/aromatic N) is 2. The van der Waals surface area contributed by atoms with Crippen LogP contribution in [0.25, 0.3) is 0 Å². The second-order valence-electron chi connectivity index (χ2n) is 2.57. The first kappa shape index (κ1) is 7.60. The number of rotatable bonds is 1. The molecule has 0 aromatic heterocycles. The van der Waals surface area contributed by atoms with E-state index in [0.717, 1.165) is 18.8 Å². The van der Waals surface area contributed by atoms with Gasteiger partial charge in [0.2, 0.25) is 0 Å². The fraction of sp³-hybridized carbons (Fsp3) is 0.833. The molecule has 1 aliphatic heterocycles. The Hall–Kier alpha value is -0.505. The van der Waals surface area contributed by atoms with Crippen LogP contribution in [0.4, 0.5) is 0 Å². The number of hydrogen-bond donors (Lipinski definition) is 0. The van der Waals surface area contributed by atoms with Crippen molar-refractivity contribution in [1.29, 1.82) is 0 Å². The fourth-order valence-corrected chi connectivity index (χ4v) is 1.11. The third-order valence-corrected chi connectivity index (χ3v) is 1.58. The lowest BCUT2D eigenvalue weighted by molar-refractivity contribution is 0.212. The van der Waals surface area contributed by atoms with Crippen LogP contribution in [0.1, 0.15) is 0 Å². The minimum Gasteiger partial charge on any atom is -0.399 e. The summed E-state index contributed by atoms with van der Waals surface area (Å²) in [7, 11) is 9.25. The zero-order valence-corrected chi connectivity index (χ0v) is 6.37. The van der Waals surface area contributed by atoms with Gasteiger partial charge in [0.05, 0.1) is 13.6 Å². The van der Waals surface area contributed by atoms with E-state index in [-0.39, 0.29) is 5.82 Å². The predicted octanol–water partition coefficient (Wildman–Crippen LogP) is -0.109. The molecule has 1 unspecified atom stereocenters. The molecule has 10 heavy (non-hydrogen) atoms. The van der Waals surface area contributed by atoms with Crippen LogP contribution in [-0.2, 0) is 4.84 Å². The molecular formula is C6H11BN2O. The normalized spacial score (nSPS) is 31.4. The maximum absolute atomic E-state index is 5.70. The first-order valence-electron chi connectivity index (χ1n) is 3.28. The molecule has 1 fully saturated rings. The Morgan fingerprint density at radius 1 is 1.80 bits per heavy atom. The maximum Gasteiger partial charge on any atom is 0.106 e. The van der Waals surface area contributed by atoms with Gasteiger partial charge in [-0.15, -0.1) is 0 Å². The van der Waals surface area contributed by atoms with Crippen LogP contribution in [0.5, 0.6) is 0 Å². The summed E-state index contributed by atoms with van der Waals surface area (Å²) in [6.45, 7) is 1.71. The first-order chi connectivity index (χ1) is 4.74. The van der Waals surface area contributed by atoms with E-state index in [4.69, 9.17) is 7.85 Å². The van der Waals surface area contributed by atoms with Crippen molar-refractivity contribution >= 4 is 13.6 Å². The minimum atomic E-state index is 0.0601. The van der Waals surface area contributed by atoms with E-state index in [0.29, 0.717) is 0 Å². The molecule has 54 valence electrons. The van der Waals surface area contributed by atoms with Crippen molar-refractivity contribution in [2.75, 3.05) is 27.2 Å². The number of hydrogen-bond acceptors (Lipinski definition) is 3. The van der Waals surface area contributed by atoms with Crippen LogP contribution in [0.15, 0.2) is 5.16 Å². The van der Waals surface area contributed by atoms with Crippen molar-refractivity contribution in [2.24, 2.45) is 5.16 Å². The zero-order valence-electron chi connectivity index (χ0n) is 6.37. The Bertz CT molecular complexity index is 149. The number of likely N-dealkylation sites (tertiary alicyclic amines) is 1. The maximum atomic E-state index is 5.70. The standard InChI is InChI=1S/C6H11BN2O/c1-9-3-5(7)6(4-9)8-10-2/h5H,3-4H2,1-2H3. The van der Waals surface area contributed by atoms with Crippen molar-refractivity contribution in [1.82, 2.24) is 4.90 Å². The smallest absolute Gasteiger partial charge is 0.106 e. The van der Waals surface area contributed by atoms with Crippen molar-refractivity contribution in [3.8, 4) is 0 Å². The molecule has 0 aromatic rings. The summed E-state index contributed by atoms with van der Waals surface area (Å²) in [5, 5.41) is 3.81. The third kappa shape index (κ3) is 1.50. The predicted molar refractivity (Wildman–Crippen MR) is 41.4 cm³/mol. The van der Waals surface area contributed by atoms with Gasteiger partial charge >= 0.3 is 0 Å². The highest BCUT2D eigenvalue weighted by Gasteiger charge is 2.22. The average molecular weight is 138 g/mol. The van der Waals surface area contributed by atoms with Gasteiger partial charge in [-0.05, 0) is 19.4 Å². The van der Waals surface area contributed by atoms with Crippen LogP contribution in [0.3, 0.4) is 0 Å². The van der Waals surface area contributed by atoms with E-state index in [9.17, 15) is 0 Å². The summed E-state index contributed by atoms with van der Waals surface area (Å²) in [6.07, 6.45) is 0. The summed E-state index contributed by atoms with van der Waals surface area (Å²) in [6, 6.07) is 0. The molecule has 4 heteroatoms. The quantitative estimate of drug-likeness (QED) is 0.373. The summed E-state index contributed by atoms with van der Waals surface area (Å²) in [5.74, 6) is 0.0601. The summed E-state index contributed by atoms with van der Waals surface area (Å²) >= 11 is 0. The molecule has 1 atom stereocenters. The molecule has 2 radical (unpaired) electrons. The molecule has 0 N–H and O–H groups in total. The van der Waals surface area contributed by atoms with Gasteiger partial charge in [0.15, 0.2) is 0 Å². The lowest BCUT2D eigenvalue weighted by Crippen LogP contribution is -2.13. The van der Waals surface area contributed by atoms with E-state index in [2.05, 4.69) is 14.9 Å². The molecule has 1 aliphatic rings. The summed E-state index contributed by atoms with van der Waals surface area (Å²) in [4.78, 5) is 6.74. The molecule has 0 aliphatic carbocycles. The largest absolute Gasteiger partial charge is 0.399 e. The van der Waals surface area contributed by atoms with Crippen LogP contribution in [-0.4, -0.2) is 45.7 Å². The highest BCUT2D eigenvalue weighted by atomic mass is 16.6. The third-order valence-electron chi connectivity index (χ3n) is 1.58. The Kier molecular flexibility index (Phi) is 2.32. The molecule has 0 spiro atoms. The van der Waals surface area contributed by atoms with Crippen molar-refractivity contribution in [3.63, 3.8) is 0 Å². The number of oxime groups is 1. The summed E-state index contributed by atoms with van der Waals surface area (Å²) < 4.78 is 0. The second-order valence-corrected chi connectivity index (χ2v) is 2.57. The Labute approximate surface area is 62.4 Å².